The Labute approximate surface area is 156 Å². The summed E-state index contributed by atoms with van der Waals surface area (Å²) in [6.07, 6.45) is 7.08. The Balaban J connectivity index is 2.04. The lowest BCUT2D eigenvalue weighted by atomic mass is 10.1. The number of rotatable bonds is 12. The van der Waals surface area contributed by atoms with Crippen molar-refractivity contribution >= 4 is 23.3 Å². The molecule has 0 atom stereocenters. The summed E-state index contributed by atoms with van der Waals surface area (Å²) in [4.78, 5) is 19.2. The minimum absolute atomic E-state index is 0.0708. The van der Waals surface area contributed by atoms with E-state index in [4.69, 9.17) is 4.74 Å². The number of guanidine groups is 1. The van der Waals surface area contributed by atoms with E-state index in [1.54, 1.807) is 11.3 Å². The number of aliphatic imine (C=N–C) groups is 1. The molecule has 0 fully saturated rings. The van der Waals surface area contributed by atoms with Gasteiger partial charge in [0.05, 0.1) is 6.61 Å². The number of unbranched alkanes of at least 4 members (excludes halogenated alkanes) is 4. The van der Waals surface area contributed by atoms with Gasteiger partial charge in [0.1, 0.15) is 0 Å². The number of hydrogen-bond acceptors (Lipinski definition) is 4. The zero-order chi connectivity index (χ0) is 18.3. The van der Waals surface area contributed by atoms with Gasteiger partial charge in [-0.05, 0) is 37.6 Å². The lowest BCUT2D eigenvalue weighted by Gasteiger charge is -2.21. The number of nitrogens with one attached hydrogen (secondary N) is 1. The summed E-state index contributed by atoms with van der Waals surface area (Å²) >= 11 is 1.80. The molecule has 0 bridgehead atoms. The van der Waals surface area contributed by atoms with Crippen molar-refractivity contribution in [2.45, 2.75) is 51.9 Å². The van der Waals surface area contributed by atoms with E-state index < -0.39 is 0 Å². The molecule has 1 aromatic rings. The van der Waals surface area contributed by atoms with E-state index in [0.29, 0.717) is 13.0 Å². The summed E-state index contributed by atoms with van der Waals surface area (Å²) in [6.45, 7) is 4.23. The maximum absolute atomic E-state index is 11.2. The molecule has 0 aromatic carbocycles. The van der Waals surface area contributed by atoms with Crippen LogP contribution in [0.4, 0.5) is 0 Å². The molecule has 1 heterocycles. The predicted octanol–water partition coefficient (Wildman–Crippen LogP) is 3.70. The molecule has 0 amide bonds. The van der Waals surface area contributed by atoms with Gasteiger partial charge >= 0.3 is 5.97 Å². The van der Waals surface area contributed by atoms with Gasteiger partial charge in [0.15, 0.2) is 5.96 Å². The molecule has 0 saturated heterocycles. The smallest absolute Gasteiger partial charge is 0.305 e. The van der Waals surface area contributed by atoms with Crippen LogP contribution in [-0.2, 0) is 16.0 Å². The molecule has 0 aliphatic heterocycles. The second-order valence-corrected chi connectivity index (χ2v) is 7.08. The summed E-state index contributed by atoms with van der Waals surface area (Å²) in [6, 6.07) is 4.27. The summed E-state index contributed by atoms with van der Waals surface area (Å²) < 4.78 is 4.93. The van der Waals surface area contributed by atoms with Crippen molar-refractivity contribution in [1.82, 2.24) is 10.2 Å². The summed E-state index contributed by atoms with van der Waals surface area (Å²) in [7, 11) is 3.91. The normalized spacial score (nSPS) is 11.4. The van der Waals surface area contributed by atoms with Gasteiger partial charge in [-0.3, -0.25) is 9.79 Å². The molecule has 0 aliphatic carbocycles. The first-order valence-corrected chi connectivity index (χ1v) is 10.1. The molecule has 0 radical (unpaired) electrons. The topological polar surface area (TPSA) is 53.9 Å². The SMILES string of the molecule is CCOC(=O)CCCCCCCNC(=NC)N(C)CCc1cccs1. The number of likely N-dealkylation sites (N-methyl/N-ethyl adjacent to an activating group) is 1. The van der Waals surface area contributed by atoms with Crippen LogP contribution in [0.25, 0.3) is 0 Å². The molecular formula is C19H33N3O2S. The Morgan fingerprint density at radius 1 is 1.28 bits per heavy atom. The van der Waals surface area contributed by atoms with Gasteiger partial charge in [-0.2, -0.15) is 0 Å². The molecule has 142 valence electrons. The second-order valence-electron chi connectivity index (χ2n) is 6.05. The summed E-state index contributed by atoms with van der Waals surface area (Å²) in [5, 5.41) is 5.55. The molecule has 1 aromatic heterocycles. The van der Waals surface area contributed by atoms with Crippen LogP contribution in [0.15, 0.2) is 22.5 Å². The van der Waals surface area contributed by atoms with Crippen LogP contribution in [0, 0.1) is 0 Å². The van der Waals surface area contributed by atoms with Crippen LogP contribution in [0.5, 0.6) is 0 Å². The monoisotopic (exact) mass is 367 g/mol. The Morgan fingerprint density at radius 2 is 2.04 bits per heavy atom. The average Bonchev–Trinajstić information content (AvgIpc) is 3.12. The van der Waals surface area contributed by atoms with Gasteiger partial charge in [-0.25, -0.2) is 0 Å². The lowest BCUT2D eigenvalue weighted by Crippen LogP contribution is -2.40. The van der Waals surface area contributed by atoms with Crippen molar-refractivity contribution in [2.75, 3.05) is 33.8 Å². The number of carbonyl (C=O) groups is 1. The minimum Gasteiger partial charge on any atom is -0.466 e. The van der Waals surface area contributed by atoms with E-state index in [1.807, 2.05) is 14.0 Å². The fourth-order valence-corrected chi connectivity index (χ4v) is 3.28. The Hall–Kier alpha value is -1.56. The molecule has 1 N–H and O–H groups in total. The maximum Gasteiger partial charge on any atom is 0.305 e. The molecule has 0 saturated carbocycles. The van der Waals surface area contributed by atoms with Gasteiger partial charge < -0.3 is 15.0 Å². The van der Waals surface area contributed by atoms with E-state index in [9.17, 15) is 4.79 Å². The Kier molecular flexibility index (Phi) is 11.8. The fourth-order valence-electron chi connectivity index (χ4n) is 2.58. The fraction of sp³-hybridized carbons (Fsp3) is 0.684. The van der Waals surface area contributed by atoms with E-state index in [2.05, 4.69) is 39.8 Å². The largest absolute Gasteiger partial charge is 0.466 e. The van der Waals surface area contributed by atoms with Crippen molar-refractivity contribution in [3.05, 3.63) is 22.4 Å². The standard InChI is InChI=1S/C19H33N3O2S/c1-4-24-18(23)12-8-6-5-7-9-14-21-19(20-2)22(3)15-13-17-11-10-16-25-17/h10-11,16H,4-9,12-15H2,1-3H3,(H,20,21). The Morgan fingerprint density at radius 3 is 2.72 bits per heavy atom. The number of hydrogen-bond donors (Lipinski definition) is 1. The highest BCUT2D eigenvalue weighted by molar-refractivity contribution is 7.09. The Bertz CT molecular complexity index is 489. The molecule has 0 unspecified atom stereocenters. The minimum atomic E-state index is -0.0708. The van der Waals surface area contributed by atoms with E-state index in [1.165, 1.54) is 11.3 Å². The number of carbonyl (C=O) groups excluding carboxylic acids is 1. The number of ether oxygens (including phenoxy) is 1. The van der Waals surface area contributed by atoms with Crippen LogP contribution in [-0.4, -0.2) is 50.6 Å². The molecule has 1 rings (SSSR count). The zero-order valence-electron chi connectivity index (χ0n) is 15.9. The molecule has 25 heavy (non-hydrogen) atoms. The molecule has 0 aliphatic rings. The van der Waals surface area contributed by atoms with Crippen molar-refractivity contribution in [3.8, 4) is 0 Å². The first-order valence-electron chi connectivity index (χ1n) is 9.27. The van der Waals surface area contributed by atoms with Crippen LogP contribution in [0.2, 0.25) is 0 Å². The second kappa shape index (κ2) is 13.7. The van der Waals surface area contributed by atoms with Gasteiger partial charge in [0.25, 0.3) is 0 Å². The third-order valence-electron chi connectivity index (χ3n) is 3.99. The van der Waals surface area contributed by atoms with Crippen molar-refractivity contribution in [1.29, 1.82) is 0 Å². The molecule has 0 spiro atoms. The highest BCUT2D eigenvalue weighted by Gasteiger charge is 2.06. The maximum atomic E-state index is 11.2. The number of nitrogens with zero attached hydrogens (tertiary/aromatic N) is 2. The van der Waals surface area contributed by atoms with Gasteiger partial charge in [0.2, 0.25) is 0 Å². The lowest BCUT2D eigenvalue weighted by molar-refractivity contribution is -0.143. The van der Waals surface area contributed by atoms with Gasteiger partial charge in [-0.1, -0.05) is 25.3 Å². The quantitative estimate of drug-likeness (QED) is 0.265. The van der Waals surface area contributed by atoms with Crippen LogP contribution >= 0.6 is 11.3 Å². The molecule has 6 heteroatoms. The van der Waals surface area contributed by atoms with Crippen LogP contribution in [0.1, 0.15) is 50.3 Å². The van der Waals surface area contributed by atoms with Crippen LogP contribution in [0.3, 0.4) is 0 Å². The third kappa shape index (κ3) is 10.1. The van der Waals surface area contributed by atoms with E-state index in [0.717, 1.165) is 51.2 Å². The van der Waals surface area contributed by atoms with Crippen LogP contribution < -0.4 is 5.32 Å². The first kappa shape index (κ1) is 21.5. The average molecular weight is 368 g/mol. The molecular weight excluding hydrogens is 334 g/mol. The van der Waals surface area contributed by atoms with Gasteiger partial charge in [-0.15, -0.1) is 11.3 Å². The highest BCUT2D eigenvalue weighted by atomic mass is 32.1. The summed E-state index contributed by atoms with van der Waals surface area (Å²) in [5.74, 6) is 0.886. The number of thiophene rings is 1. The number of esters is 1. The van der Waals surface area contributed by atoms with Crippen molar-refractivity contribution < 1.29 is 9.53 Å². The van der Waals surface area contributed by atoms with E-state index >= 15 is 0 Å². The zero-order valence-corrected chi connectivity index (χ0v) is 16.7. The highest BCUT2D eigenvalue weighted by Crippen LogP contribution is 2.09. The van der Waals surface area contributed by atoms with Crippen molar-refractivity contribution in [2.24, 2.45) is 4.99 Å². The van der Waals surface area contributed by atoms with Gasteiger partial charge in [0, 0.05) is 38.5 Å². The third-order valence-corrected chi connectivity index (χ3v) is 4.93. The predicted molar refractivity (Wildman–Crippen MR) is 106 cm³/mol. The first-order chi connectivity index (χ1) is 12.2. The van der Waals surface area contributed by atoms with Crippen molar-refractivity contribution in [3.63, 3.8) is 0 Å². The summed E-state index contributed by atoms with van der Waals surface area (Å²) in [5.41, 5.74) is 0. The molecule has 5 nitrogen and oxygen atoms in total. The van der Waals surface area contributed by atoms with E-state index in [-0.39, 0.29) is 5.97 Å².